The number of aryl methyl sites for hydroxylation is 1. The van der Waals surface area contributed by atoms with Crippen LogP contribution in [0.5, 0.6) is 5.75 Å². The lowest BCUT2D eigenvalue weighted by molar-refractivity contribution is -0.131. The predicted molar refractivity (Wildman–Crippen MR) is 125 cm³/mol. The van der Waals surface area contributed by atoms with Crippen LogP contribution in [-0.4, -0.2) is 44.4 Å². The van der Waals surface area contributed by atoms with Crippen molar-refractivity contribution in [3.8, 4) is 5.75 Å². The summed E-state index contributed by atoms with van der Waals surface area (Å²) >= 11 is 0. The summed E-state index contributed by atoms with van der Waals surface area (Å²) in [5.41, 5.74) is 1.80. The van der Waals surface area contributed by atoms with Crippen molar-refractivity contribution in [3.63, 3.8) is 0 Å². The molecule has 7 nitrogen and oxygen atoms in total. The zero-order chi connectivity index (χ0) is 23.3. The third-order valence-corrected chi connectivity index (χ3v) is 7.41. The fourth-order valence-electron chi connectivity index (χ4n) is 3.75. The van der Waals surface area contributed by atoms with E-state index in [1.165, 1.54) is 7.11 Å². The van der Waals surface area contributed by atoms with E-state index >= 15 is 0 Å². The molecule has 0 aliphatic heterocycles. The first-order valence-corrected chi connectivity index (χ1v) is 11.9. The van der Waals surface area contributed by atoms with Gasteiger partial charge in [0.05, 0.1) is 23.7 Å². The number of aromatic nitrogens is 1. The van der Waals surface area contributed by atoms with E-state index in [2.05, 4.69) is 4.98 Å². The van der Waals surface area contributed by atoms with Crippen LogP contribution in [0.2, 0.25) is 0 Å². The van der Waals surface area contributed by atoms with E-state index in [0.717, 1.165) is 10.00 Å². The highest BCUT2D eigenvalue weighted by molar-refractivity contribution is 7.93. The number of methoxy groups -OCH3 is 1. The van der Waals surface area contributed by atoms with Crippen LogP contribution in [-0.2, 0) is 14.8 Å². The Balaban J connectivity index is 2.05. The van der Waals surface area contributed by atoms with Gasteiger partial charge in [-0.15, -0.1) is 0 Å². The van der Waals surface area contributed by atoms with Gasteiger partial charge in [-0.3, -0.25) is 9.10 Å². The third kappa shape index (κ3) is 4.65. The smallest absolute Gasteiger partial charge is 0.265 e. The Bertz CT molecular complexity index is 1160. The highest BCUT2D eigenvalue weighted by Gasteiger charge is 2.32. The minimum Gasteiger partial charge on any atom is -0.495 e. The van der Waals surface area contributed by atoms with Gasteiger partial charge in [0.15, 0.2) is 0 Å². The molecule has 0 saturated heterocycles. The predicted octanol–water partition coefficient (Wildman–Crippen LogP) is 4.14. The molecule has 0 saturated carbocycles. The number of carbonyl (C=O) groups excluding carboxylic acids is 1. The van der Waals surface area contributed by atoms with Crippen molar-refractivity contribution < 1.29 is 17.9 Å². The van der Waals surface area contributed by atoms with Gasteiger partial charge in [0.1, 0.15) is 12.3 Å². The summed E-state index contributed by atoms with van der Waals surface area (Å²) in [6.45, 7) is 5.61. The number of sulfonamides is 1. The molecule has 0 spiro atoms. The second-order valence-corrected chi connectivity index (χ2v) is 9.26. The Hall–Kier alpha value is -3.26. The van der Waals surface area contributed by atoms with E-state index in [0.29, 0.717) is 23.5 Å². The van der Waals surface area contributed by atoms with E-state index in [1.807, 2.05) is 26.0 Å². The van der Waals surface area contributed by atoms with Gasteiger partial charge in [-0.25, -0.2) is 8.42 Å². The Morgan fingerprint density at radius 3 is 2.38 bits per heavy atom. The molecule has 8 heteroatoms. The molecule has 1 N–H and O–H groups in total. The van der Waals surface area contributed by atoms with Crippen molar-refractivity contribution >= 4 is 21.6 Å². The SMILES string of the molecule is CCN(C(=O)CN(c1ccccc1OC)S(=O)(=O)c1ccccc1C)C(C)c1ccc[nH]1. The summed E-state index contributed by atoms with van der Waals surface area (Å²) in [4.78, 5) is 18.4. The second-order valence-electron chi connectivity index (χ2n) is 7.43. The van der Waals surface area contributed by atoms with Gasteiger partial charge in [-0.2, -0.15) is 0 Å². The Morgan fingerprint density at radius 1 is 1.06 bits per heavy atom. The molecule has 0 aliphatic rings. The highest BCUT2D eigenvalue weighted by Crippen LogP contribution is 2.33. The van der Waals surface area contributed by atoms with Crippen molar-refractivity contribution in [2.75, 3.05) is 24.5 Å². The molecule has 3 rings (SSSR count). The summed E-state index contributed by atoms with van der Waals surface area (Å²) in [7, 11) is -2.56. The number of para-hydroxylation sites is 2. The van der Waals surface area contributed by atoms with Gasteiger partial charge in [0, 0.05) is 18.4 Å². The minimum atomic E-state index is -4.04. The van der Waals surface area contributed by atoms with E-state index in [9.17, 15) is 13.2 Å². The molecule has 1 aromatic heterocycles. The second kappa shape index (κ2) is 9.91. The van der Waals surface area contributed by atoms with Gasteiger partial charge in [-0.1, -0.05) is 30.3 Å². The van der Waals surface area contributed by atoms with E-state index in [1.54, 1.807) is 66.6 Å². The highest BCUT2D eigenvalue weighted by atomic mass is 32.2. The molecule has 1 atom stereocenters. The normalized spacial score (nSPS) is 12.2. The lowest BCUT2D eigenvalue weighted by Gasteiger charge is -2.32. The van der Waals surface area contributed by atoms with Crippen LogP contribution in [0.1, 0.15) is 31.1 Å². The molecule has 0 fully saturated rings. The van der Waals surface area contributed by atoms with E-state index < -0.39 is 10.0 Å². The molecule has 0 bridgehead atoms. The standard InChI is InChI=1S/C24H29N3O4S/c1-5-26(19(3)20-12-10-16-25-20)24(28)17-27(21-13-7-8-14-22(21)31-4)32(29,30)23-15-9-6-11-18(23)2/h6-16,19,25H,5,17H2,1-4H3. The Labute approximate surface area is 189 Å². The number of anilines is 1. The molecule has 1 heterocycles. The average Bonchev–Trinajstić information content (AvgIpc) is 3.33. The monoisotopic (exact) mass is 455 g/mol. The fraction of sp³-hybridized carbons (Fsp3) is 0.292. The van der Waals surface area contributed by atoms with Crippen LogP contribution in [0.15, 0.2) is 71.8 Å². The first-order valence-electron chi connectivity index (χ1n) is 10.4. The van der Waals surface area contributed by atoms with Crippen molar-refractivity contribution in [2.45, 2.75) is 31.7 Å². The Kier molecular flexibility index (Phi) is 7.25. The summed E-state index contributed by atoms with van der Waals surface area (Å²) in [6.07, 6.45) is 1.80. The van der Waals surface area contributed by atoms with Crippen LogP contribution < -0.4 is 9.04 Å². The van der Waals surface area contributed by atoms with Crippen LogP contribution in [0.4, 0.5) is 5.69 Å². The molecular weight excluding hydrogens is 426 g/mol. The van der Waals surface area contributed by atoms with Gasteiger partial charge >= 0.3 is 0 Å². The molecule has 2 aromatic carbocycles. The Morgan fingerprint density at radius 2 is 1.75 bits per heavy atom. The van der Waals surface area contributed by atoms with E-state index in [-0.39, 0.29) is 23.4 Å². The maximum atomic E-state index is 13.8. The first kappa shape index (κ1) is 23.4. The van der Waals surface area contributed by atoms with Crippen molar-refractivity contribution in [3.05, 3.63) is 78.1 Å². The number of H-pyrrole nitrogens is 1. The molecule has 32 heavy (non-hydrogen) atoms. The number of carbonyl (C=O) groups is 1. The number of nitrogens with one attached hydrogen (secondary N) is 1. The summed E-state index contributed by atoms with van der Waals surface area (Å²) in [6, 6.07) is 17.1. The molecule has 1 unspecified atom stereocenters. The molecule has 0 radical (unpaired) electrons. The zero-order valence-corrected chi connectivity index (χ0v) is 19.6. The third-order valence-electron chi connectivity index (χ3n) is 5.50. The quantitative estimate of drug-likeness (QED) is 0.526. The van der Waals surface area contributed by atoms with Crippen molar-refractivity contribution in [1.82, 2.24) is 9.88 Å². The largest absolute Gasteiger partial charge is 0.495 e. The zero-order valence-electron chi connectivity index (χ0n) is 18.8. The lowest BCUT2D eigenvalue weighted by Crippen LogP contribution is -2.44. The van der Waals surface area contributed by atoms with Crippen LogP contribution in [0.25, 0.3) is 0 Å². The number of benzene rings is 2. The number of hydrogen-bond acceptors (Lipinski definition) is 4. The number of likely N-dealkylation sites (N-methyl/N-ethyl adjacent to an activating group) is 1. The van der Waals surface area contributed by atoms with Crippen LogP contribution >= 0.6 is 0 Å². The number of ether oxygens (including phenoxy) is 1. The molecule has 170 valence electrons. The van der Waals surface area contributed by atoms with Crippen molar-refractivity contribution in [1.29, 1.82) is 0 Å². The number of aromatic amines is 1. The molecular formula is C24H29N3O4S. The van der Waals surface area contributed by atoms with Gasteiger partial charge < -0.3 is 14.6 Å². The van der Waals surface area contributed by atoms with Gasteiger partial charge in [0.25, 0.3) is 10.0 Å². The van der Waals surface area contributed by atoms with Crippen molar-refractivity contribution in [2.24, 2.45) is 0 Å². The number of rotatable bonds is 9. The molecule has 3 aromatic rings. The average molecular weight is 456 g/mol. The molecule has 1 amide bonds. The van der Waals surface area contributed by atoms with Crippen LogP contribution in [0, 0.1) is 6.92 Å². The van der Waals surface area contributed by atoms with Crippen LogP contribution in [0.3, 0.4) is 0 Å². The number of amides is 1. The minimum absolute atomic E-state index is 0.152. The van der Waals surface area contributed by atoms with E-state index in [4.69, 9.17) is 4.74 Å². The number of hydrogen-bond donors (Lipinski definition) is 1. The van der Waals surface area contributed by atoms with Gasteiger partial charge in [-0.05, 0) is 56.7 Å². The maximum Gasteiger partial charge on any atom is 0.265 e. The topological polar surface area (TPSA) is 82.7 Å². The summed E-state index contributed by atoms with van der Waals surface area (Å²) < 4.78 is 34.1. The molecule has 0 aliphatic carbocycles. The summed E-state index contributed by atoms with van der Waals surface area (Å²) in [5, 5.41) is 0. The summed E-state index contributed by atoms with van der Waals surface area (Å²) in [5.74, 6) is 0.0654. The fourth-order valence-corrected chi connectivity index (χ4v) is 5.40. The van der Waals surface area contributed by atoms with Gasteiger partial charge in [0.2, 0.25) is 5.91 Å². The number of nitrogens with zero attached hydrogens (tertiary/aromatic N) is 2. The first-order chi connectivity index (χ1) is 15.3. The maximum absolute atomic E-state index is 13.8. The lowest BCUT2D eigenvalue weighted by atomic mass is 10.2.